The summed E-state index contributed by atoms with van der Waals surface area (Å²) < 4.78 is 5.34. The van der Waals surface area contributed by atoms with E-state index in [-0.39, 0.29) is 5.69 Å². The molecule has 10 heteroatoms. The molecule has 29 heavy (non-hydrogen) atoms. The molecule has 10 nitrogen and oxygen atoms in total. The third-order valence-electron chi connectivity index (χ3n) is 4.28. The molecule has 1 aromatic rings. The van der Waals surface area contributed by atoms with Gasteiger partial charge in [-0.2, -0.15) is 0 Å². The van der Waals surface area contributed by atoms with E-state index in [4.69, 9.17) is 4.74 Å². The lowest BCUT2D eigenvalue weighted by molar-refractivity contribution is -0.384. The molecule has 1 heterocycles. The second kappa shape index (κ2) is 8.89. The second-order valence-corrected chi connectivity index (χ2v) is 7.86. The summed E-state index contributed by atoms with van der Waals surface area (Å²) in [6, 6.07) is 3.81. The van der Waals surface area contributed by atoms with Gasteiger partial charge in [-0.15, -0.1) is 0 Å². The minimum atomic E-state index is -0.862. The number of benzene rings is 1. The Morgan fingerprint density at radius 2 is 1.86 bits per heavy atom. The molecule has 1 fully saturated rings. The van der Waals surface area contributed by atoms with Crippen LogP contribution in [0.15, 0.2) is 24.3 Å². The summed E-state index contributed by atoms with van der Waals surface area (Å²) in [6.07, 6.45) is 0.598. The molecule has 0 bridgehead atoms. The van der Waals surface area contributed by atoms with E-state index in [2.05, 4.69) is 10.6 Å². The van der Waals surface area contributed by atoms with Gasteiger partial charge in [-0.1, -0.05) is 0 Å². The molecule has 1 aromatic carbocycles. The molecule has 0 unspecified atom stereocenters. The highest BCUT2D eigenvalue weighted by Gasteiger charge is 2.37. The third-order valence-corrected chi connectivity index (χ3v) is 4.28. The summed E-state index contributed by atoms with van der Waals surface area (Å²) >= 11 is 0. The number of ether oxygens (including phenoxy) is 1. The van der Waals surface area contributed by atoms with Crippen LogP contribution in [0.1, 0.15) is 40.5 Å². The number of nitrogens with one attached hydrogen (secondary N) is 2. The minimum Gasteiger partial charge on any atom is -0.444 e. The summed E-state index contributed by atoms with van der Waals surface area (Å²) in [4.78, 5) is 48.7. The summed E-state index contributed by atoms with van der Waals surface area (Å²) in [5.41, 5.74) is -0.385. The summed E-state index contributed by atoms with van der Waals surface area (Å²) in [7, 11) is 0. The number of carbonyl (C=O) groups is 3. The van der Waals surface area contributed by atoms with Gasteiger partial charge < -0.3 is 15.4 Å². The van der Waals surface area contributed by atoms with Crippen molar-refractivity contribution < 1.29 is 24.0 Å². The molecule has 2 atom stereocenters. The molecule has 2 rings (SSSR count). The number of amides is 3. The maximum Gasteiger partial charge on any atom is 0.410 e. The Balaban J connectivity index is 1.93. The van der Waals surface area contributed by atoms with E-state index >= 15 is 0 Å². The molecule has 1 aliphatic heterocycles. The van der Waals surface area contributed by atoms with Gasteiger partial charge in [0.05, 0.1) is 4.92 Å². The molecule has 0 radical (unpaired) electrons. The Kier molecular flexibility index (Phi) is 6.78. The van der Waals surface area contributed by atoms with Crippen molar-refractivity contribution in [2.45, 2.75) is 58.2 Å². The van der Waals surface area contributed by atoms with Crippen molar-refractivity contribution in [2.75, 3.05) is 11.9 Å². The van der Waals surface area contributed by atoms with Crippen molar-refractivity contribution in [3.8, 4) is 0 Å². The van der Waals surface area contributed by atoms with E-state index in [1.54, 1.807) is 20.8 Å². The van der Waals surface area contributed by atoms with Gasteiger partial charge in [-0.3, -0.25) is 24.6 Å². The van der Waals surface area contributed by atoms with E-state index in [9.17, 15) is 24.5 Å². The van der Waals surface area contributed by atoms with E-state index in [0.717, 1.165) is 0 Å². The van der Waals surface area contributed by atoms with Gasteiger partial charge >= 0.3 is 6.09 Å². The Morgan fingerprint density at radius 1 is 1.24 bits per heavy atom. The molecule has 2 N–H and O–H groups in total. The average molecular weight is 406 g/mol. The summed E-state index contributed by atoms with van der Waals surface area (Å²) in [5, 5.41) is 15.9. The van der Waals surface area contributed by atoms with Gasteiger partial charge in [-0.05, 0) is 52.7 Å². The molecule has 3 amide bonds. The number of hydrogen-bond donors (Lipinski definition) is 2. The first-order valence-corrected chi connectivity index (χ1v) is 9.33. The number of nitrogens with zero attached hydrogens (tertiary/aromatic N) is 2. The zero-order valence-corrected chi connectivity index (χ0v) is 16.9. The number of non-ortho nitro benzene ring substituents is 1. The van der Waals surface area contributed by atoms with Crippen LogP contribution in [-0.2, 0) is 14.3 Å². The molecular formula is C19H26N4O6. The predicted molar refractivity (Wildman–Crippen MR) is 105 cm³/mol. The quantitative estimate of drug-likeness (QED) is 0.570. The lowest BCUT2D eigenvalue weighted by Crippen LogP contribution is -2.51. The summed E-state index contributed by atoms with van der Waals surface area (Å²) in [6.45, 7) is 7.18. The standard InChI is InChI=1S/C19H26N4O6/c1-12(16(24)21-13-7-9-14(10-8-13)23(27)28)20-17(25)15-6-5-11-22(15)18(26)29-19(2,3)4/h7-10,12,15H,5-6,11H2,1-4H3,(H,20,25)(H,21,24)/t12-,15-/m0/s1. The van der Waals surface area contributed by atoms with Gasteiger partial charge in [0.25, 0.3) is 5.69 Å². The zero-order chi connectivity index (χ0) is 21.8. The highest BCUT2D eigenvalue weighted by molar-refractivity contribution is 5.98. The smallest absolute Gasteiger partial charge is 0.410 e. The van der Waals surface area contributed by atoms with Gasteiger partial charge in [0.1, 0.15) is 17.7 Å². The SMILES string of the molecule is C[C@H](NC(=O)[C@@H]1CCCN1C(=O)OC(C)(C)C)C(=O)Nc1ccc([N+](=O)[O-])cc1. The number of anilines is 1. The van der Waals surface area contributed by atoms with Gasteiger partial charge in [-0.25, -0.2) is 4.79 Å². The van der Waals surface area contributed by atoms with Gasteiger partial charge in [0, 0.05) is 24.4 Å². The van der Waals surface area contributed by atoms with E-state index in [1.807, 2.05) is 0 Å². The van der Waals surface area contributed by atoms with Crippen molar-refractivity contribution in [2.24, 2.45) is 0 Å². The van der Waals surface area contributed by atoms with Crippen LogP contribution in [0.2, 0.25) is 0 Å². The number of rotatable bonds is 5. The topological polar surface area (TPSA) is 131 Å². The van der Waals surface area contributed by atoms with E-state index in [0.29, 0.717) is 25.1 Å². The van der Waals surface area contributed by atoms with Crippen molar-refractivity contribution >= 4 is 29.3 Å². The fourth-order valence-electron chi connectivity index (χ4n) is 2.87. The van der Waals surface area contributed by atoms with Crippen LogP contribution >= 0.6 is 0 Å². The maximum absolute atomic E-state index is 12.6. The van der Waals surface area contributed by atoms with Crippen LogP contribution < -0.4 is 10.6 Å². The van der Waals surface area contributed by atoms with Crippen molar-refractivity contribution in [1.82, 2.24) is 10.2 Å². The van der Waals surface area contributed by atoms with E-state index < -0.39 is 40.5 Å². The molecule has 0 aliphatic carbocycles. The minimum absolute atomic E-state index is 0.0900. The Bertz CT molecular complexity index is 787. The number of likely N-dealkylation sites (tertiary alicyclic amines) is 1. The van der Waals surface area contributed by atoms with Crippen LogP contribution in [0.3, 0.4) is 0 Å². The average Bonchev–Trinajstić information content (AvgIpc) is 3.10. The van der Waals surface area contributed by atoms with Crippen molar-refractivity contribution in [3.63, 3.8) is 0 Å². The number of nitro benzene ring substituents is 1. The first kappa shape index (κ1) is 22.1. The largest absolute Gasteiger partial charge is 0.444 e. The predicted octanol–water partition coefficient (Wildman–Crippen LogP) is 2.44. The lowest BCUT2D eigenvalue weighted by atomic mass is 10.2. The highest BCUT2D eigenvalue weighted by Crippen LogP contribution is 2.21. The Labute approximate surface area is 168 Å². The summed E-state index contributed by atoms with van der Waals surface area (Å²) in [5.74, 6) is -0.909. The first-order valence-electron chi connectivity index (χ1n) is 9.33. The fraction of sp³-hybridized carbons (Fsp3) is 0.526. The second-order valence-electron chi connectivity index (χ2n) is 7.86. The number of nitro groups is 1. The van der Waals surface area contributed by atoms with E-state index in [1.165, 1.54) is 36.1 Å². The normalized spacial score (nSPS) is 17.4. The van der Waals surface area contributed by atoms with Crippen LogP contribution in [0.25, 0.3) is 0 Å². The Morgan fingerprint density at radius 3 is 2.41 bits per heavy atom. The third kappa shape index (κ3) is 6.16. The monoisotopic (exact) mass is 406 g/mol. The molecule has 1 aliphatic rings. The van der Waals surface area contributed by atoms with Crippen molar-refractivity contribution in [3.05, 3.63) is 34.4 Å². The highest BCUT2D eigenvalue weighted by atomic mass is 16.6. The number of hydrogen-bond acceptors (Lipinski definition) is 6. The molecular weight excluding hydrogens is 380 g/mol. The molecule has 0 saturated carbocycles. The maximum atomic E-state index is 12.6. The molecule has 1 saturated heterocycles. The van der Waals surface area contributed by atoms with Crippen LogP contribution in [0.5, 0.6) is 0 Å². The van der Waals surface area contributed by atoms with Crippen molar-refractivity contribution in [1.29, 1.82) is 0 Å². The van der Waals surface area contributed by atoms with Crippen LogP contribution in [-0.4, -0.2) is 52.0 Å². The fourth-order valence-corrected chi connectivity index (χ4v) is 2.87. The zero-order valence-electron chi connectivity index (χ0n) is 16.9. The molecule has 0 aromatic heterocycles. The lowest BCUT2D eigenvalue weighted by Gasteiger charge is -2.28. The molecule has 0 spiro atoms. The number of carbonyl (C=O) groups excluding carboxylic acids is 3. The van der Waals surface area contributed by atoms with Gasteiger partial charge in [0.2, 0.25) is 11.8 Å². The van der Waals surface area contributed by atoms with Gasteiger partial charge in [0.15, 0.2) is 0 Å². The Hall–Kier alpha value is -3.17. The van der Waals surface area contributed by atoms with Crippen LogP contribution in [0.4, 0.5) is 16.2 Å². The van der Waals surface area contributed by atoms with Crippen LogP contribution in [0, 0.1) is 10.1 Å². The first-order chi connectivity index (χ1) is 13.5. The molecule has 158 valence electrons.